The van der Waals surface area contributed by atoms with Crippen molar-refractivity contribution in [3.63, 3.8) is 0 Å². The second kappa shape index (κ2) is 3.99. The average molecular weight is 197 g/mol. The first-order valence-electron chi connectivity index (χ1n) is 5.58. The van der Waals surface area contributed by atoms with E-state index in [1.165, 1.54) is 12.8 Å². The van der Waals surface area contributed by atoms with Gasteiger partial charge in [-0.3, -0.25) is 4.79 Å². The van der Waals surface area contributed by atoms with Gasteiger partial charge in [0.2, 0.25) is 0 Å². The summed E-state index contributed by atoms with van der Waals surface area (Å²) in [6.45, 7) is 1.91. The van der Waals surface area contributed by atoms with Crippen LogP contribution >= 0.6 is 0 Å². The number of carbonyl (C=O) groups is 1. The van der Waals surface area contributed by atoms with Crippen LogP contribution in [0, 0.1) is 11.3 Å². The van der Waals surface area contributed by atoms with Gasteiger partial charge in [-0.1, -0.05) is 0 Å². The molecule has 2 N–H and O–H groups in total. The fraction of sp³-hybridized carbons (Fsp3) is 0.909. The first-order chi connectivity index (χ1) is 6.77. The van der Waals surface area contributed by atoms with E-state index >= 15 is 0 Å². The van der Waals surface area contributed by atoms with Gasteiger partial charge in [-0.25, -0.2) is 0 Å². The van der Waals surface area contributed by atoms with Crippen molar-refractivity contribution in [2.75, 3.05) is 19.8 Å². The molecule has 0 spiro atoms. The molecule has 0 atom stereocenters. The van der Waals surface area contributed by atoms with Crippen LogP contribution in [-0.2, 0) is 9.53 Å². The molecule has 1 saturated carbocycles. The zero-order chi connectivity index (χ0) is 10.0. The molecule has 2 aliphatic rings. The zero-order valence-corrected chi connectivity index (χ0v) is 8.63. The van der Waals surface area contributed by atoms with Crippen molar-refractivity contribution in [2.45, 2.75) is 32.1 Å². The molecule has 0 unspecified atom stereocenters. The molecule has 0 bridgehead atoms. The van der Waals surface area contributed by atoms with Gasteiger partial charge < -0.3 is 10.5 Å². The summed E-state index contributed by atoms with van der Waals surface area (Å²) in [4.78, 5) is 12.1. The summed E-state index contributed by atoms with van der Waals surface area (Å²) in [6, 6.07) is 0. The van der Waals surface area contributed by atoms with Crippen LogP contribution in [0.1, 0.15) is 32.1 Å². The number of ether oxygens (including phenoxy) is 1. The predicted octanol–water partition coefficient (Wildman–Crippen LogP) is 1.11. The van der Waals surface area contributed by atoms with Crippen LogP contribution in [0.4, 0.5) is 0 Å². The van der Waals surface area contributed by atoms with Gasteiger partial charge >= 0.3 is 0 Å². The van der Waals surface area contributed by atoms with E-state index in [-0.39, 0.29) is 5.41 Å². The van der Waals surface area contributed by atoms with Gasteiger partial charge in [0, 0.05) is 31.6 Å². The Morgan fingerprint density at radius 2 is 2.00 bits per heavy atom. The minimum atomic E-state index is -0.235. The summed E-state index contributed by atoms with van der Waals surface area (Å²) in [7, 11) is 0. The molecule has 14 heavy (non-hydrogen) atoms. The molecular weight excluding hydrogens is 178 g/mol. The van der Waals surface area contributed by atoms with E-state index in [1.54, 1.807) is 0 Å². The number of Topliss-reactive ketones (excluding diaryl/α,β-unsaturated/α-hetero) is 1. The molecule has 1 aliphatic carbocycles. The van der Waals surface area contributed by atoms with Crippen molar-refractivity contribution in [2.24, 2.45) is 17.1 Å². The Bertz CT molecular complexity index is 217. The van der Waals surface area contributed by atoms with Gasteiger partial charge in [-0.05, 0) is 31.6 Å². The topological polar surface area (TPSA) is 52.3 Å². The van der Waals surface area contributed by atoms with E-state index in [2.05, 4.69) is 0 Å². The van der Waals surface area contributed by atoms with E-state index in [0.717, 1.165) is 19.3 Å². The van der Waals surface area contributed by atoms with Crippen LogP contribution in [0.15, 0.2) is 0 Å². The van der Waals surface area contributed by atoms with Crippen molar-refractivity contribution in [3.8, 4) is 0 Å². The molecule has 1 saturated heterocycles. The molecule has 3 nitrogen and oxygen atoms in total. The third kappa shape index (κ3) is 1.98. The lowest BCUT2D eigenvalue weighted by molar-refractivity contribution is -0.133. The van der Waals surface area contributed by atoms with Crippen molar-refractivity contribution >= 4 is 5.78 Å². The van der Waals surface area contributed by atoms with E-state index in [9.17, 15) is 4.79 Å². The van der Waals surface area contributed by atoms with Crippen LogP contribution in [0.25, 0.3) is 0 Å². The standard InChI is InChI=1S/C11H19NO2/c12-8-11(3-5-14-6-4-11)10(13)7-9-1-2-9/h9H,1-8,12H2. The van der Waals surface area contributed by atoms with Gasteiger partial charge in [0.05, 0.1) is 0 Å². The van der Waals surface area contributed by atoms with Crippen molar-refractivity contribution < 1.29 is 9.53 Å². The molecule has 3 heteroatoms. The molecule has 80 valence electrons. The molecule has 1 heterocycles. The number of carbonyl (C=O) groups excluding carboxylic acids is 1. The molecule has 0 aromatic heterocycles. The maximum Gasteiger partial charge on any atom is 0.140 e. The highest BCUT2D eigenvalue weighted by Crippen LogP contribution is 2.38. The van der Waals surface area contributed by atoms with Gasteiger partial charge in [-0.15, -0.1) is 0 Å². The molecular formula is C11H19NO2. The van der Waals surface area contributed by atoms with E-state index in [0.29, 0.717) is 31.5 Å². The SMILES string of the molecule is NCC1(C(=O)CC2CC2)CCOCC1. The quantitative estimate of drug-likeness (QED) is 0.734. The maximum absolute atomic E-state index is 12.1. The molecule has 0 radical (unpaired) electrons. The second-order valence-electron chi connectivity index (χ2n) is 4.67. The highest BCUT2D eigenvalue weighted by molar-refractivity contribution is 5.85. The molecule has 2 rings (SSSR count). The van der Waals surface area contributed by atoms with Crippen molar-refractivity contribution in [3.05, 3.63) is 0 Å². The number of hydrogen-bond donors (Lipinski definition) is 1. The Kier molecular flexibility index (Phi) is 2.88. The normalized spacial score (nSPS) is 26.1. The molecule has 0 amide bonds. The van der Waals surface area contributed by atoms with Crippen molar-refractivity contribution in [1.29, 1.82) is 0 Å². The lowest BCUT2D eigenvalue weighted by Gasteiger charge is -2.34. The monoisotopic (exact) mass is 197 g/mol. The fourth-order valence-corrected chi connectivity index (χ4v) is 2.16. The summed E-state index contributed by atoms with van der Waals surface area (Å²) in [5.74, 6) is 1.07. The third-order valence-electron chi connectivity index (χ3n) is 3.60. The van der Waals surface area contributed by atoms with Gasteiger partial charge in [0.1, 0.15) is 5.78 Å². The Labute approximate surface area is 85.0 Å². The Hall–Kier alpha value is -0.410. The Morgan fingerprint density at radius 3 is 2.50 bits per heavy atom. The summed E-state index contributed by atoms with van der Waals surface area (Å²) < 4.78 is 5.29. The lowest BCUT2D eigenvalue weighted by atomic mass is 9.75. The number of rotatable bonds is 4. The largest absolute Gasteiger partial charge is 0.381 e. The molecule has 0 aromatic carbocycles. The maximum atomic E-state index is 12.1. The minimum absolute atomic E-state index is 0.235. The average Bonchev–Trinajstić information content (AvgIpc) is 3.02. The van der Waals surface area contributed by atoms with Gasteiger partial charge in [-0.2, -0.15) is 0 Å². The van der Waals surface area contributed by atoms with E-state index in [4.69, 9.17) is 10.5 Å². The smallest absolute Gasteiger partial charge is 0.140 e. The second-order valence-corrected chi connectivity index (χ2v) is 4.67. The van der Waals surface area contributed by atoms with Gasteiger partial charge in [0.15, 0.2) is 0 Å². The van der Waals surface area contributed by atoms with Crippen LogP contribution in [0.2, 0.25) is 0 Å². The number of nitrogens with two attached hydrogens (primary N) is 1. The summed E-state index contributed by atoms with van der Waals surface area (Å²) >= 11 is 0. The zero-order valence-electron chi connectivity index (χ0n) is 8.63. The summed E-state index contributed by atoms with van der Waals surface area (Å²) in [6.07, 6.45) is 4.90. The van der Waals surface area contributed by atoms with E-state index < -0.39 is 0 Å². The van der Waals surface area contributed by atoms with Crippen LogP contribution in [0.5, 0.6) is 0 Å². The third-order valence-corrected chi connectivity index (χ3v) is 3.60. The minimum Gasteiger partial charge on any atom is -0.381 e. The van der Waals surface area contributed by atoms with Crippen LogP contribution in [0.3, 0.4) is 0 Å². The lowest BCUT2D eigenvalue weighted by Crippen LogP contribution is -2.43. The first-order valence-corrected chi connectivity index (χ1v) is 5.58. The summed E-state index contributed by atoms with van der Waals surface area (Å²) in [5.41, 5.74) is 5.52. The van der Waals surface area contributed by atoms with Crippen LogP contribution < -0.4 is 5.73 Å². The van der Waals surface area contributed by atoms with Crippen molar-refractivity contribution in [1.82, 2.24) is 0 Å². The Morgan fingerprint density at radius 1 is 1.36 bits per heavy atom. The van der Waals surface area contributed by atoms with E-state index in [1.807, 2.05) is 0 Å². The van der Waals surface area contributed by atoms with Crippen LogP contribution in [-0.4, -0.2) is 25.5 Å². The predicted molar refractivity (Wildman–Crippen MR) is 53.9 cm³/mol. The number of ketones is 1. The highest BCUT2D eigenvalue weighted by Gasteiger charge is 2.40. The molecule has 2 fully saturated rings. The first kappa shape index (κ1) is 10.1. The van der Waals surface area contributed by atoms with Gasteiger partial charge in [0.25, 0.3) is 0 Å². The molecule has 1 aliphatic heterocycles. The summed E-state index contributed by atoms with van der Waals surface area (Å²) in [5, 5.41) is 0. The number of hydrogen-bond acceptors (Lipinski definition) is 3. The fourth-order valence-electron chi connectivity index (χ4n) is 2.16. The highest BCUT2D eigenvalue weighted by atomic mass is 16.5. The molecule has 0 aromatic rings. The Balaban J connectivity index is 1.97.